The molecule has 2 aliphatic rings. The van der Waals surface area contributed by atoms with Gasteiger partial charge in [-0.1, -0.05) is 12.1 Å². The first-order chi connectivity index (χ1) is 10.0. The molecule has 3 atom stereocenters. The van der Waals surface area contributed by atoms with Crippen molar-refractivity contribution >= 4 is 5.69 Å². The third kappa shape index (κ3) is 2.94. The van der Waals surface area contributed by atoms with Crippen LogP contribution >= 0.6 is 0 Å². The van der Waals surface area contributed by atoms with E-state index in [1.54, 1.807) is 18.2 Å². The first-order valence-corrected chi connectivity index (χ1v) is 7.77. The molecule has 5 nitrogen and oxygen atoms in total. The summed E-state index contributed by atoms with van der Waals surface area (Å²) in [7, 11) is 2.24. The smallest absolute Gasteiger partial charge is 0.269 e. The van der Waals surface area contributed by atoms with Crippen LogP contribution in [0.25, 0.3) is 0 Å². The second-order valence-electron chi connectivity index (χ2n) is 6.46. The summed E-state index contributed by atoms with van der Waals surface area (Å²) >= 11 is 0. The molecule has 1 N–H and O–H groups in total. The largest absolute Gasteiger partial charge is 0.307 e. The maximum Gasteiger partial charge on any atom is 0.269 e. The van der Waals surface area contributed by atoms with E-state index in [0.29, 0.717) is 18.1 Å². The van der Waals surface area contributed by atoms with Crippen LogP contribution in [-0.2, 0) is 0 Å². The number of hydrogen-bond donors (Lipinski definition) is 1. The second kappa shape index (κ2) is 5.73. The molecule has 0 aromatic heterocycles. The van der Waals surface area contributed by atoms with Crippen LogP contribution in [0.3, 0.4) is 0 Å². The maximum atomic E-state index is 10.9. The summed E-state index contributed by atoms with van der Waals surface area (Å²) in [6, 6.07) is 9.05. The quantitative estimate of drug-likeness (QED) is 0.684. The lowest BCUT2D eigenvalue weighted by Crippen LogP contribution is -2.47. The minimum atomic E-state index is -0.327. The minimum Gasteiger partial charge on any atom is -0.307 e. The average molecular weight is 289 g/mol. The van der Waals surface area contributed by atoms with Gasteiger partial charge >= 0.3 is 0 Å². The third-order valence-electron chi connectivity index (χ3n) is 5.16. The van der Waals surface area contributed by atoms with Gasteiger partial charge in [-0.25, -0.2) is 0 Å². The molecular formula is C16H23N3O2. The summed E-state index contributed by atoms with van der Waals surface area (Å²) in [4.78, 5) is 13.1. The number of nitro groups is 1. The molecular weight excluding hydrogens is 266 g/mol. The zero-order valence-corrected chi connectivity index (χ0v) is 12.7. The molecule has 3 unspecified atom stereocenters. The zero-order chi connectivity index (χ0) is 15.0. The summed E-state index contributed by atoms with van der Waals surface area (Å²) in [5, 5.41) is 14.5. The standard InChI is InChI=1S/C16H23N3O2/c1-11(12-4-3-5-16(8-12)19(20)21)17-13-9-14-6-7-15(10-13)18(14)2/h3-5,8,11,13-15,17H,6-7,9-10H2,1-2H3. The Labute approximate surface area is 125 Å². The molecule has 1 aromatic carbocycles. The number of fused-ring (bicyclic) bond motifs is 2. The van der Waals surface area contributed by atoms with Crippen LogP contribution in [0.5, 0.6) is 0 Å². The Morgan fingerprint density at radius 2 is 2.00 bits per heavy atom. The van der Waals surface area contributed by atoms with Crippen LogP contribution in [0.15, 0.2) is 24.3 Å². The minimum absolute atomic E-state index is 0.151. The van der Waals surface area contributed by atoms with Crippen LogP contribution in [-0.4, -0.2) is 35.0 Å². The zero-order valence-electron chi connectivity index (χ0n) is 12.7. The lowest BCUT2D eigenvalue weighted by Gasteiger charge is -2.38. The van der Waals surface area contributed by atoms with Crippen molar-refractivity contribution in [3.63, 3.8) is 0 Å². The maximum absolute atomic E-state index is 10.9. The van der Waals surface area contributed by atoms with Gasteiger partial charge in [0.1, 0.15) is 0 Å². The lowest BCUT2D eigenvalue weighted by atomic mass is 9.96. The Kier molecular flexibility index (Phi) is 3.95. The number of nitrogens with zero attached hydrogens (tertiary/aromatic N) is 2. The molecule has 1 aromatic rings. The summed E-state index contributed by atoms with van der Waals surface area (Å²) in [5.74, 6) is 0. The van der Waals surface area contributed by atoms with Gasteiger partial charge in [0, 0.05) is 36.3 Å². The van der Waals surface area contributed by atoms with Gasteiger partial charge in [0.2, 0.25) is 0 Å². The molecule has 0 spiro atoms. The molecule has 2 fully saturated rings. The molecule has 0 amide bonds. The van der Waals surface area contributed by atoms with Crippen LogP contribution in [0.2, 0.25) is 0 Å². The first kappa shape index (κ1) is 14.5. The number of non-ortho nitro benzene ring substituents is 1. The summed E-state index contributed by atoms with van der Waals surface area (Å²) in [6.07, 6.45) is 4.99. The first-order valence-electron chi connectivity index (χ1n) is 7.77. The van der Waals surface area contributed by atoms with Crippen LogP contribution < -0.4 is 5.32 Å². The molecule has 2 heterocycles. The fraction of sp³-hybridized carbons (Fsp3) is 0.625. The van der Waals surface area contributed by atoms with E-state index in [-0.39, 0.29) is 16.7 Å². The molecule has 0 radical (unpaired) electrons. The van der Waals surface area contributed by atoms with Crippen molar-refractivity contribution in [2.24, 2.45) is 0 Å². The number of hydrogen-bond acceptors (Lipinski definition) is 4. The van der Waals surface area contributed by atoms with E-state index in [9.17, 15) is 10.1 Å². The van der Waals surface area contributed by atoms with Crippen LogP contribution in [0, 0.1) is 10.1 Å². The van der Waals surface area contributed by atoms with E-state index in [0.717, 1.165) is 5.56 Å². The molecule has 2 saturated heterocycles. The number of piperidine rings is 1. The van der Waals surface area contributed by atoms with Gasteiger partial charge in [-0.15, -0.1) is 0 Å². The highest BCUT2D eigenvalue weighted by Crippen LogP contribution is 2.35. The Morgan fingerprint density at radius 3 is 2.62 bits per heavy atom. The second-order valence-corrected chi connectivity index (χ2v) is 6.46. The molecule has 114 valence electrons. The van der Waals surface area contributed by atoms with E-state index in [1.165, 1.54) is 25.7 Å². The molecule has 5 heteroatoms. The predicted octanol–water partition coefficient (Wildman–Crippen LogP) is 2.87. The van der Waals surface area contributed by atoms with E-state index >= 15 is 0 Å². The molecule has 2 bridgehead atoms. The Morgan fingerprint density at radius 1 is 1.33 bits per heavy atom. The third-order valence-corrected chi connectivity index (χ3v) is 5.16. The Bertz CT molecular complexity index is 520. The Hall–Kier alpha value is -1.46. The summed E-state index contributed by atoms with van der Waals surface area (Å²) in [5.41, 5.74) is 1.17. The van der Waals surface area contributed by atoms with E-state index in [1.807, 2.05) is 6.07 Å². The van der Waals surface area contributed by atoms with Gasteiger partial charge in [-0.3, -0.25) is 10.1 Å². The van der Waals surface area contributed by atoms with Crippen LogP contribution in [0.4, 0.5) is 5.69 Å². The number of rotatable bonds is 4. The van der Waals surface area contributed by atoms with Gasteiger partial charge in [0.25, 0.3) is 5.69 Å². The lowest BCUT2D eigenvalue weighted by molar-refractivity contribution is -0.384. The summed E-state index contributed by atoms with van der Waals surface area (Å²) < 4.78 is 0. The highest BCUT2D eigenvalue weighted by atomic mass is 16.6. The molecule has 21 heavy (non-hydrogen) atoms. The number of nitrogens with one attached hydrogen (secondary N) is 1. The fourth-order valence-corrected chi connectivity index (χ4v) is 3.91. The van der Waals surface area contributed by atoms with Crippen molar-refractivity contribution in [1.29, 1.82) is 0 Å². The van der Waals surface area contributed by atoms with Crippen molar-refractivity contribution in [3.05, 3.63) is 39.9 Å². The van der Waals surface area contributed by atoms with E-state index in [2.05, 4.69) is 24.2 Å². The van der Waals surface area contributed by atoms with Crippen molar-refractivity contribution < 1.29 is 4.92 Å². The average Bonchev–Trinajstić information content (AvgIpc) is 2.69. The predicted molar refractivity (Wildman–Crippen MR) is 82.2 cm³/mol. The van der Waals surface area contributed by atoms with Crippen LogP contribution in [0.1, 0.15) is 44.2 Å². The summed E-state index contributed by atoms with van der Waals surface area (Å²) in [6.45, 7) is 2.10. The SMILES string of the molecule is CC(NC1CC2CCC(C1)N2C)c1cccc([N+](=O)[O-])c1. The van der Waals surface area contributed by atoms with Crippen molar-refractivity contribution in [2.75, 3.05) is 7.05 Å². The topological polar surface area (TPSA) is 58.4 Å². The highest BCUT2D eigenvalue weighted by molar-refractivity contribution is 5.35. The van der Waals surface area contributed by atoms with Gasteiger partial charge < -0.3 is 10.2 Å². The van der Waals surface area contributed by atoms with Gasteiger partial charge in [0.15, 0.2) is 0 Å². The molecule has 0 saturated carbocycles. The van der Waals surface area contributed by atoms with Crippen molar-refractivity contribution in [1.82, 2.24) is 10.2 Å². The van der Waals surface area contributed by atoms with Crippen molar-refractivity contribution in [2.45, 2.75) is 56.8 Å². The number of nitro benzene ring substituents is 1. The van der Waals surface area contributed by atoms with Gasteiger partial charge in [-0.05, 0) is 45.2 Å². The Balaban J connectivity index is 1.65. The van der Waals surface area contributed by atoms with E-state index < -0.39 is 0 Å². The monoisotopic (exact) mass is 289 g/mol. The molecule has 0 aliphatic carbocycles. The highest BCUT2D eigenvalue weighted by Gasteiger charge is 2.38. The molecule has 3 rings (SSSR count). The van der Waals surface area contributed by atoms with Gasteiger partial charge in [0.05, 0.1) is 4.92 Å². The van der Waals surface area contributed by atoms with E-state index in [4.69, 9.17) is 0 Å². The van der Waals surface area contributed by atoms with Crippen molar-refractivity contribution in [3.8, 4) is 0 Å². The normalized spacial score (nSPS) is 30.3. The van der Waals surface area contributed by atoms with Gasteiger partial charge in [-0.2, -0.15) is 0 Å². The molecule has 2 aliphatic heterocycles. The fourth-order valence-electron chi connectivity index (χ4n) is 3.91. The number of benzene rings is 1.